The van der Waals surface area contributed by atoms with Gasteiger partial charge in [0.05, 0.1) is 19.9 Å². The van der Waals surface area contributed by atoms with Crippen molar-refractivity contribution in [2.75, 3.05) is 20.8 Å². The molecule has 1 N–H and O–H groups in total. The molecular weight excluding hydrogens is 264 g/mol. The fraction of sp³-hybridized carbons (Fsp3) is 0.353. The normalized spacial score (nSPS) is 12.0. The van der Waals surface area contributed by atoms with Gasteiger partial charge in [-0.3, -0.25) is 4.98 Å². The van der Waals surface area contributed by atoms with Crippen LogP contribution in [0.1, 0.15) is 24.1 Å². The number of ether oxygens (including phenoxy) is 2. The largest absolute Gasteiger partial charge is 0.496 e. The van der Waals surface area contributed by atoms with E-state index >= 15 is 0 Å². The van der Waals surface area contributed by atoms with E-state index in [1.165, 1.54) is 5.56 Å². The van der Waals surface area contributed by atoms with Crippen LogP contribution in [0.2, 0.25) is 0 Å². The summed E-state index contributed by atoms with van der Waals surface area (Å²) >= 11 is 0. The second kappa shape index (κ2) is 7.64. The third-order valence-electron chi connectivity index (χ3n) is 3.41. The van der Waals surface area contributed by atoms with Crippen LogP contribution in [0.3, 0.4) is 0 Å². The molecule has 0 saturated heterocycles. The molecule has 2 aromatic rings. The predicted molar refractivity (Wildman–Crippen MR) is 83.9 cm³/mol. The Morgan fingerprint density at radius 3 is 2.76 bits per heavy atom. The summed E-state index contributed by atoms with van der Waals surface area (Å²) in [5.74, 6) is 1.71. The standard InChI is InChI=1S/C17H22N2O2/c1-4-21-15-9-14(11-19-12-15)16(18-2)10-13-7-5-6-8-17(13)20-3/h5-9,11-12,16,18H,4,10H2,1-3H3. The Labute approximate surface area is 126 Å². The molecule has 1 aromatic heterocycles. The number of aromatic nitrogens is 1. The molecule has 1 unspecified atom stereocenters. The third-order valence-corrected chi connectivity index (χ3v) is 3.41. The maximum absolute atomic E-state index is 5.52. The Hall–Kier alpha value is -2.07. The van der Waals surface area contributed by atoms with Gasteiger partial charge in [0, 0.05) is 12.2 Å². The van der Waals surface area contributed by atoms with Crippen LogP contribution in [0.5, 0.6) is 11.5 Å². The Morgan fingerprint density at radius 2 is 2.05 bits per heavy atom. The van der Waals surface area contributed by atoms with Gasteiger partial charge in [-0.25, -0.2) is 0 Å². The van der Waals surface area contributed by atoms with Gasteiger partial charge in [-0.1, -0.05) is 18.2 Å². The van der Waals surface area contributed by atoms with Crippen LogP contribution in [0.15, 0.2) is 42.7 Å². The maximum atomic E-state index is 5.52. The summed E-state index contributed by atoms with van der Waals surface area (Å²) in [7, 11) is 3.65. The number of hydrogen-bond acceptors (Lipinski definition) is 4. The van der Waals surface area contributed by atoms with E-state index in [0.717, 1.165) is 23.5 Å². The summed E-state index contributed by atoms with van der Waals surface area (Å²) in [6.07, 6.45) is 4.44. The number of hydrogen-bond donors (Lipinski definition) is 1. The number of benzene rings is 1. The molecule has 0 aliphatic heterocycles. The Kier molecular flexibility index (Phi) is 5.58. The minimum atomic E-state index is 0.161. The van der Waals surface area contributed by atoms with E-state index < -0.39 is 0 Å². The summed E-state index contributed by atoms with van der Waals surface area (Å²) < 4.78 is 10.9. The van der Waals surface area contributed by atoms with Crippen LogP contribution in [0.4, 0.5) is 0 Å². The average molecular weight is 286 g/mol. The van der Waals surface area contributed by atoms with E-state index in [4.69, 9.17) is 9.47 Å². The molecule has 2 rings (SSSR count). The highest BCUT2D eigenvalue weighted by molar-refractivity contribution is 5.35. The molecule has 21 heavy (non-hydrogen) atoms. The zero-order valence-electron chi connectivity index (χ0n) is 12.8. The SMILES string of the molecule is CCOc1cncc(C(Cc2ccccc2OC)NC)c1. The van der Waals surface area contributed by atoms with Gasteiger partial charge < -0.3 is 14.8 Å². The van der Waals surface area contributed by atoms with Crippen molar-refractivity contribution in [1.29, 1.82) is 0 Å². The van der Waals surface area contributed by atoms with E-state index in [1.807, 2.05) is 44.4 Å². The lowest BCUT2D eigenvalue weighted by atomic mass is 9.99. The second-order valence-electron chi connectivity index (χ2n) is 4.74. The monoisotopic (exact) mass is 286 g/mol. The second-order valence-corrected chi connectivity index (χ2v) is 4.74. The number of para-hydroxylation sites is 1. The quantitative estimate of drug-likeness (QED) is 0.849. The molecule has 0 fully saturated rings. The smallest absolute Gasteiger partial charge is 0.137 e. The number of rotatable bonds is 7. The zero-order chi connectivity index (χ0) is 15.1. The highest BCUT2D eigenvalue weighted by Gasteiger charge is 2.14. The molecule has 0 saturated carbocycles. The fourth-order valence-electron chi connectivity index (χ4n) is 2.35. The van der Waals surface area contributed by atoms with Gasteiger partial charge in [-0.2, -0.15) is 0 Å². The number of nitrogens with zero attached hydrogens (tertiary/aromatic N) is 1. The van der Waals surface area contributed by atoms with Crippen molar-refractivity contribution in [2.24, 2.45) is 0 Å². The maximum Gasteiger partial charge on any atom is 0.137 e. The van der Waals surface area contributed by atoms with Crippen LogP contribution in [-0.2, 0) is 6.42 Å². The lowest BCUT2D eigenvalue weighted by molar-refractivity contribution is 0.338. The summed E-state index contributed by atoms with van der Waals surface area (Å²) in [6.45, 7) is 2.61. The first-order chi connectivity index (χ1) is 10.3. The Balaban J connectivity index is 2.21. The molecule has 0 radical (unpaired) electrons. The van der Waals surface area contributed by atoms with Crippen LogP contribution in [-0.4, -0.2) is 25.7 Å². The number of methoxy groups -OCH3 is 1. The minimum absolute atomic E-state index is 0.161. The van der Waals surface area contributed by atoms with Gasteiger partial charge in [-0.05, 0) is 43.7 Å². The van der Waals surface area contributed by atoms with Crippen molar-refractivity contribution >= 4 is 0 Å². The van der Waals surface area contributed by atoms with E-state index in [2.05, 4.69) is 16.4 Å². The molecule has 4 heteroatoms. The highest BCUT2D eigenvalue weighted by Crippen LogP contribution is 2.26. The first-order valence-electron chi connectivity index (χ1n) is 7.15. The molecule has 0 aliphatic carbocycles. The van der Waals surface area contributed by atoms with Crippen molar-refractivity contribution in [2.45, 2.75) is 19.4 Å². The van der Waals surface area contributed by atoms with Gasteiger partial charge >= 0.3 is 0 Å². The molecule has 0 amide bonds. The van der Waals surface area contributed by atoms with Crippen LogP contribution >= 0.6 is 0 Å². The zero-order valence-corrected chi connectivity index (χ0v) is 12.8. The Bertz CT molecular complexity index is 572. The molecule has 1 aromatic carbocycles. The molecule has 112 valence electrons. The van der Waals surface area contributed by atoms with Gasteiger partial charge in [0.15, 0.2) is 0 Å². The van der Waals surface area contributed by atoms with E-state index in [1.54, 1.807) is 13.3 Å². The number of pyridine rings is 1. The van der Waals surface area contributed by atoms with Crippen molar-refractivity contribution < 1.29 is 9.47 Å². The van der Waals surface area contributed by atoms with Crippen LogP contribution in [0.25, 0.3) is 0 Å². The fourth-order valence-corrected chi connectivity index (χ4v) is 2.35. The first-order valence-corrected chi connectivity index (χ1v) is 7.15. The molecule has 4 nitrogen and oxygen atoms in total. The number of nitrogens with one attached hydrogen (secondary N) is 1. The van der Waals surface area contributed by atoms with Gasteiger partial charge in [0.25, 0.3) is 0 Å². The molecule has 1 heterocycles. The van der Waals surface area contributed by atoms with Gasteiger partial charge in [0.2, 0.25) is 0 Å². The predicted octanol–water partition coefficient (Wildman–Crippen LogP) is 2.99. The third kappa shape index (κ3) is 3.95. The van der Waals surface area contributed by atoms with Crippen molar-refractivity contribution in [3.63, 3.8) is 0 Å². The van der Waals surface area contributed by atoms with E-state index in [0.29, 0.717) is 6.61 Å². The molecule has 0 bridgehead atoms. The minimum Gasteiger partial charge on any atom is -0.496 e. The summed E-state index contributed by atoms with van der Waals surface area (Å²) in [5.41, 5.74) is 2.27. The van der Waals surface area contributed by atoms with Crippen molar-refractivity contribution in [1.82, 2.24) is 10.3 Å². The molecule has 0 aliphatic rings. The van der Waals surface area contributed by atoms with Gasteiger partial charge in [-0.15, -0.1) is 0 Å². The molecule has 0 spiro atoms. The van der Waals surface area contributed by atoms with Crippen molar-refractivity contribution in [3.05, 3.63) is 53.9 Å². The molecular formula is C17H22N2O2. The Morgan fingerprint density at radius 1 is 1.24 bits per heavy atom. The van der Waals surface area contributed by atoms with Gasteiger partial charge in [0.1, 0.15) is 11.5 Å². The first kappa shape index (κ1) is 15.3. The highest BCUT2D eigenvalue weighted by atomic mass is 16.5. The van der Waals surface area contributed by atoms with Crippen molar-refractivity contribution in [3.8, 4) is 11.5 Å². The molecule has 1 atom stereocenters. The van der Waals surface area contributed by atoms with Crippen LogP contribution in [0, 0.1) is 0 Å². The summed E-state index contributed by atoms with van der Waals surface area (Å²) in [5, 5.41) is 3.34. The topological polar surface area (TPSA) is 43.4 Å². The number of likely N-dealkylation sites (N-methyl/N-ethyl adjacent to an activating group) is 1. The summed E-state index contributed by atoms with van der Waals surface area (Å²) in [6, 6.07) is 10.3. The lowest BCUT2D eigenvalue weighted by Crippen LogP contribution is -2.19. The van der Waals surface area contributed by atoms with E-state index in [9.17, 15) is 0 Å². The summed E-state index contributed by atoms with van der Waals surface area (Å²) in [4.78, 5) is 4.26. The lowest BCUT2D eigenvalue weighted by Gasteiger charge is -2.18. The average Bonchev–Trinajstić information content (AvgIpc) is 2.53. The van der Waals surface area contributed by atoms with Crippen LogP contribution < -0.4 is 14.8 Å². The van der Waals surface area contributed by atoms with E-state index in [-0.39, 0.29) is 6.04 Å².